The van der Waals surface area contributed by atoms with E-state index in [0.717, 1.165) is 37.6 Å². The Kier molecular flexibility index (Phi) is 8.48. The number of pyridine rings is 1. The van der Waals surface area contributed by atoms with Crippen LogP contribution in [-0.4, -0.2) is 76.1 Å². The van der Waals surface area contributed by atoms with Crippen LogP contribution in [0.5, 0.6) is 11.5 Å². The summed E-state index contributed by atoms with van der Waals surface area (Å²) >= 11 is 5.84. The van der Waals surface area contributed by atoms with Crippen LogP contribution in [0.4, 0.5) is 19.0 Å². The third-order valence-corrected chi connectivity index (χ3v) is 8.45. The Morgan fingerprint density at radius 1 is 1.07 bits per heavy atom. The number of carbonyl (C=O) groups is 2. The van der Waals surface area contributed by atoms with Crippen LogP contribution < -0.4 is 19.7 Å². The SMILES string of the molecule is CC(C)(Oc1ccc(Cl)cc1OC(F)(F)F)C(=O)NC1CC2CCC(C1)N2c1ccc(C(=O)N2CCC[C@H]2CO)cn1. The van der Waals surface area contributed by atoms with Gasteiger partial charge in [-0.15, -0.1) is 13.2 Å². The summed E-state index contributed by atoms with van der Waals surface area (Å²) in [6.07, 6.45) is 1.47. The maximum absolute atomic E-state index is 13.2. The van der Waals surface area contributed by atoms with Crippen molar-refractivity contribution in [1.29, 1.82) is 0 Å². The van der Waals surface area contributed by atoms with Gasteiger partial charge in [-0.1, -0.05) is 11.6 Å². The number of piperidine rings is 1. The number of hydrogen-bond donors (Lipinski definition) is 2. The van der Waals surface area contributed by atoms with Crippen LogP contribution in [0.1, 0.15) is 62.7 Å². The Labute approximate surface area is 246 Å². The molecule has 2 amide bonds. The largest absolute Gasteiger partial charge is 0.573 e. The fraction of sp³-hybridized carbons (Fsp3) is 0.552. The molecule has 3 aliphatic rings. The Morgan fingerprint density at radius 2 is 1.79 bits per heavy atom. The molecule has 42 heavy (non-hydrogen) atoms. The van der Waals surface area contributed by atoms with Crippen molar-refractivity contribution in [2.75, 3.05) is 18.1 Å². The van der Waals surface area contributed by atoms with Crippen molar-refractivity contribution in [3.05, 3.63) is 47.1 Å². The van der Waals surface area contributed by atoms with Crippen molar-refractivity contribution < 1.29 is 37.3 Å². The molecule has 228 valence electrons. The highest BCUT2D eigenvalue weighted by molar-refractivity contribution is 6.30. The monoisotopic (exact) mass is 610 g/mol. The average Bonchev–Trinajstić information content (AvgIpc) is 3.51. The van der Waals surface area contributed by atoms with Crippen LogP contribution >= 0.6 is 11.6 Å². The number of rotatable bonds is 8. The molecule has 3 fully saturated rings. The number of benzene rings is 1. The van der Waals surface area contributed by atoms with Crippen LogP contribution in [0.15, 0.2) is 36.5 Å². The van der Waals surface area contributed by atoms with E-state index in [4.69, 9.17) is 16.3 Å². The highest BCUT2D eigenvalue weighted by Crippen LogP contribution is 2.40. The molecule has 5 rings (SSSR count). The first-order valence-electron chi connectivity index (χ1n) is 14.1. The molecule has 0 spiro atoms. The molecule has 4 heterocycles. The van der Waals surface area contributed by atoms with Crippen molar-refractivity contribution in [2.45, 2.75) is 88.5 Å². The summed E-state index contributed by atoms with van der Waals surface area (Å²) in [5.41, 5.74) is -1.01. The number of nitrogens with one attached hydrogen (secondary N) is 1. The van der Waals surface area contributed by atoms with Gasteiger partial charge < -0.3 is 29.7 Å². The second-order valence-electron chi connectivity index (χ2n) is 11.6. The Hall–Kier alpha value is -3.25. The summed E-state index contributed by atoms with van der Waals surface area (Å²) in [4.78, 5) is 34.7. The number of anilines is 1. The summed E-state index contributed by atoms with van der Waals surface area (Å²) in [7, 11) is 0. The summed E-state index contributed by atoms with van der Waals surface area (Å²) in [6.45, 7) is 3.54. The van der Waals surface area contributed by atoms with E-state index >= 15 is 0 Å². The van der Waals surface area contributed by atoms with E-state index in [1.807, 2.05) is 6.07 Å². The minimum atomic E-state index is -4.95. The third kappa shape index (κ3) is 6.54. The molecule has 2 N–H and O–H groups in total. The molecule has 1 aromatic heterocycles. The maximum atomic E-state index is 13.2. The van der Waals surface area contributed by atoms with Crippen molar-refractivity contribution >= 4 is 29.2 Å². The van der Waals surface area contributed by atoms with E-state index in [9.17, 15) is 27.9 Å². The third-order valence-electron chi connectivity index (χ3n) is 8.22. The van der Waals surface area contributed by atoms with Gasteiger partial charge >= 0.3 is 6.36 Å². The van der Waals surface area contributed by atoms with Gasteiger partial charge in [0.2, 0.25) is 0 Å². The lowest BCUT2D eigenvalue weighted by atomic mass is 9.96. The molecule has 2 aromatic rings. The van der Waals surface area contributed by atoms with Gasteiger partial charge in [0, 0.05) is 42.0 Å². The highest BCUT2D eigenvalue weighted by Gasteiger charge is 2.43. The van der Waals surface area contributed by atoms with Crippen LogP contribution in [0.25, 0.3) is 0 Å². The lowest BCUT2D eigenvalue weighted by molar-refractivity contribution is -0.275. The fourth-order valence-electron chi connectivity index (χ4n) is 6.24. The summed E-state index contributed by atoms with van der Waals surface area (Å²) in [5, 5.41) is 12.6. The number of amides is 2. The van der Waals surface area contributed by atoms with Crippen LogP contribution in [0, 0.1) is 0 Å². The Balaban J connectivity index is 1.21. The zero-order valence-corrected chi connectivity index (χ0v) is 24.1. The molecule has 9 nitrogen and oxygen atoms in total. The normalized spacial score (nSPS) is 24.1. The molecule has 0 saturated carbocycles. The minimum absolute atomic E-state index is 0.0312. The quantitative estimate of drug-likeness (QED) is 0.446. The number of fused-ring (bicyclic) bond motifs is 2. The van der Waals surface area contributed by atoms with Crippen molar-refractivity contribution in [1.82, 2.24) is 15.2 Å². The van der Waals surface area contributed by atoms with Crippen LogP contribution in [-0.2, 0) is 4.79 Å². The van der Waals surface area contributed by atoms with Crippen LogP contribution in [0.2, 0.25) is 5.02 Å². The second-order valence-corrected chi connectivity index (χ2v) is 12.0. The van der Waals surface area contributed by atoms with Gasteiger partial charge in [-0.25, -0.2) is 4.98 Å². The summed E-state index contributed by atoms with van der Waals surface area (Å²) < 4.78 is 48.5. The van der Waals surface area contributed by atoms with Gasteiger partial charge in [-0.3, -0.25) is 9.59 Å². The van der Waals surface area contributed by atoms with E-state index in [1.165, 1.54) is 26.0 Å². The molecular formula is C29H34ClF3N4O5. The predicted octanol–water partition coefficient (Wildman–Crippen LogP) is 4.70. The number of aliphatic hydroxyl groups is 1. The van der Waals surface area contributed by atoms with Crippen molar-refractivity contribution in [3.63, 3.8) is 0 Å². The van der Waals surface area contributed by atoms with E-state index in [1.54, 1.807) is 17.2 Å². The molecule has 13 heteroatoms. The molecular weight excluding hydrogens is 577 g/mol. The smallest absolute Gasteiger partial charge is 0.474 e. The first-order valence-corrected chi connectivity index (χ1v) is 14.4. The Bertz CT molecular complexity index is 1300. The molecule has 2 unspecified atom stereocenters. The second kappa shape index (κ2) is 11.8. The van der Waals surface area contributed by atoms with Gasteiger partial charge in [0.25, 0.3) is 11.8 Å². The standard InChI is InChI=1S/C29H34ClF3N4O5/c1-28(2,41-23-9-6-18(30)12-24(23)42-29(31,32)33)27(40)35-19-13-20-7-8-21(14-19)37(20)25-10-5-17(15-34-25)26(39)36-11-3-4-22(36)16-38/h5-6,9-10,12,15,19-22,38H,3-4,7-8,11,13-14,16H2,1-2H3,(H,35,40)/t19?,20?,21?,22-/m0/s1. The van der Waals surface area contributed by atoms with Gasteiger partial charge in [0.05, 0.1) is 18.2 Å². The fourth-order valence-corrected chi connectivity index (χ4v) is 6.41. The zero-order valence-electron chi connectivity index (χ0n) is 23.4. The molecule has 3 aliphatic heterocycles. The van der Waals surface area contributed by atoms with Gasteiger partial charge in [0.1, 0.15) is 5.82 Å². The number of carbonyl (C=O) groups excluding carboxylic acids is 2. The predicted molar refractivity (Wildman–Crippen MR) is 149 cm³/mol. The first kappa shape index (κ1) is 30.2. The molecule has 3 saturated heterocycles. The number of aromatic nitrogens is 1. The van der Waals surface area contributed by atoms with Gasteiger partial charge in [-0.05, 0) is 76.6 Å². The minimum Gasteiger partial charge on any atom is -0.474 e. The molecule has 3 atom stereocenters. The summed E-state index contributed by atoms with van der Waals surface area (Å²) in [5.74, 6) is -0.701. The number of likely N-dealkylation sites (tertiary alicyclic amines) is 1. The van der Waals surface area contributed by atoms with E-state index in [2.05, 4.69) is 19.9 Å². The lowest BCUT2D eigenvalue weighted by Crippen LogP contribution is -2.55. The number of hydrogen-bond acceptors (Lipinski definition) is 7. The van der Waals surface area contributed by atoms with Crippen molar-refractivity contribution in [2.24, 2.45) is 0 Å². The Morgan fingerprint density at radius 3 is 2.40 bits per heavy atom. The van der Waals surface area contributed by atoms with E-state index in [-0.39, 0.29) is 47.5 Å². The number of nitrogens with zero attached hydrogens (tertiary/aromatic N) is 3. The highest BCUT2D eigenvalue weighted by atomic mass is 35.5. The number of ether oxygens (including phenoxy) is 2. The topological polar surface area (TPSA) is 104 Å². The van der Waals surface area contributed by atoms with E-state index in [0.29, 0.717) is 24.9 Å². The number of alkyl halides is 3. The molecule has 2 bridgehead atoms. The van der Waals surface area contributed by atoms with Crippen LogP contribution in [0.3, 0.4) is 0 Å². The maximum Gasteiger partial charge on any atom is 0.573 e. The summed E-state index contributed by atoms with van der Waals surface area (Å²) in [6, 6.07) is 7.16. The van der Waals surface area contributed by atoms with E-state index < -0.39 is 23.6 Å². The van der Waals surface area contributed by atoms with Gasteiger partial charge in [0.15, 0.2) is 17.1 Å². The molecule has 0 aliphatic carbocycles. The first-order chi connectivity index (χ1) is 19.8. The average molecular weight is 611 g/mol. The van der Waals surface area contributed by atoms with Gasteiger partial charge in [-0.2, -0.15) is 0 Å². The molecule has 1 aromatic carbocycles. The zero-order chi connectivity index (χ0) is 30.2. The lowest BCUT2D eigenvalue weighted by Gasteiger charge is -2.41. The number of halogens is 4. The number of aliphatic hydroxyl groups excluding tert-OH is 1. The molecule has 0 radical (unpaired) electrons. The van der Waals surface area contributed by atoms with Crippen molar-refractivity contribution in [3.8, 4) is 11.5 Å².